The fourth-order valence-corrected chi connectivity index (χ4v) is 3.06. The molecule has 1 radical (unpaired) electrons. The molecule has 6 rings (SSSR count). The maximum Gasteiger partial charge on any atom is 1.00 e. The van der Waals surface area contributed by atoms with Crippen LogP contribution in [0.2, 0.25) is 118 Å². The number of hydrogen-bond acceptors (Lipinski definition) is 6. The third kappa shape index (κ3) is 154. The van der Waals surface area contributed by atoms with Gasteiger partial charge in [-0.05, 0) is 77.0 Å². The van der Waals surface area contributed by atoms with Gasteiger partial charge in [-0.2, -0.15) is 0 Å². The summed E-state index contributed by atoms with van der Waals surface area (Å²) in [5.74, 6) is 0. The Kier molecular flexibility index (Phi) is 107. The molecule has 0 amide bonds. The smallest absolute Gasteiger partial charge is 0.701 e. The number of ether oxygens (including phenoxy) is 6. The van der Waals surface area contributed by atoms with Crippen LogP contribution in [0.15, 0.2) is 0 Å². The molecule has 6 aliphatic heterocycles. The Morgan fingerprint density at radius 3 is 0.288 bits per heavy atom. The summed E-state index contributed by atoms with van der Waals surface area (Å²) in [6.07, 6.45) is 55.3. The van der Waals surface area contributed by atoms with E-state index in [9.17, 15) is 0 Å². The van der Waals surface area contributed by atoms with E-state index >= 15 is 0 Å². The van der Waals surface area contributed by atoms with E-state index in [0.29, 0.717) is 0 Å². The van der Waals surface area contributed by atoms with Crippen molar-refractivity contribution in [2.75, 3.05) is 79.3 Å². The first-order valence-corrected chi connectivity index (χ1v) is 45.5. The zero-order valence-corrected chi connectivity index (χ0v) is 60.1. The third-order valence-electron chi connectivity index (χ3n) is 7.21. The van der Waals surface area contributed by atoms with Gasteiger partial charge in [0.05, 0.1) is 48.4 Å². The topological polar surface area (TPSA) is 55.4 Å². The molecule has 0 spiro atoms. The van der Waals surface area contributed by atoms with Crippen LogP contribution in [0.3, 0.4) is 0 Å². The molecule has 0 saturated carbocycles. The molecule has 6 saturated heterocycles. The molecule has 0 N–H and O–H groups in total. The Hall–Kier alpha value is 2.54. The first-order chi connectivity index (χ1) is 30.4. The maximum atomic E-state index is 6.67. The summed E-state index contributed by atoms with van der Waals surface area (Å²) < 4.78 is 29.7. The van der Waals surface area contributed by atoms with Gasteiger partial charge >= 0.3 is 94.3 Å². The van der Waals surface area contributed by atoms with Gasteiger partial charge < -0.3 is 100 Å². The predicted molar refractivity (Wildman–Crippen MR) is 309 cm³/mol. The largest absolute Gasteiger partial charge is 1.00 e. The average Bonchev–Trinajstić information content (AvgIpc) is 4.10. The molecular weight excluding hydrogens is 1010 g/mol. The monoisotopic (exact) mass is 1110 g/mol. The molecular formula is C54H102CrLi6O6Si6-. The molecule has 0 aliphatic carbocycles. The summed E-state index contributed by atoms with van der Waals surface area (Å²) in [5.41, 5.74) is 15.0. The van der Waals surface area contributed by atoms with E-state index in [1.54, 1.807) is 0 Å². The van der Waals surface area contributed by atoms with Gasteiger partial charge in [0.25, 0.3) is 0 Å². The van der Waals surface area contributed by atoms with E-state index in [4.69, 9.17) is 67.0 Å². The Bertz CT molecular complexity index is 1010. The van der Waals surface area contributed by atoms with Gasteiger partial charge in [0.15, 0.2) is 0 Å². The second-order valence-electron chi connectivity index (χ2n) is 22.2. The molecule has 0 aromatic carbocycles. The van der Waals surface area contributed by atoms with E-state index < -0.39 is 48.4 Å². The van der Waals surface area contributed by atoms with E-state index in [2.05, 4.69) is 151 Å². The van der Waals surface area contributed by atoms with Gasteiger partial charge in [-0.1, -0.05) is 118 Å². The fraction of sp³-hybridized carbons (Fsp3) is 0.778. The van der Waals surface area contributed by atoms with Crippen LogP contribution in [0.4, 0.5) is 0 Å². The summed E-state index contributed by atoms with van der Waals surface area (Å²) in [5, 5.41) is 0. The van der Waals surface area contributed by atoms with Crippen molar-refractivity contribution in [1.82, 2.24) is 0 Å². The molecule has 6 nitrogen and oxygen atoms in total. The van der Waals surface area contributed by atoms with Crippen LogP contribution >= 0.6 is 0 Å². The first-order valence-electron chi connectivity index (χ1n) is 24.5. The Labute approximate surface area is 547 Å². The molecule has 0 unspecified atom stereocenters. The molecule has 73 heavy (non-hydrogen) atoms. The van der Waals surface area contributed by atoms with E-state index in [0.717, 1.165) is 79.3 Å². The van der Waals surface area contributed by atoms with Crippen molar-refractivity contribution in [3.05, 3.63) is 38.5 Å². The van der Waals surface area contributed by atoms with Crippen LogP contribution in [0.5, 0.6) is 0 Å². The minimum absolute atomic E-state index is 0. The van der Waals surface area contributed by atoms with Crippen LogP contribution in [-0.4, -0.2) is 147 Å². The molecule has 19 heteroatoms. The molecule has 6 aliphatic rings. The van der Waals surface area contributed by atoms with Crippen molar-refractivity contribution in [2.45, 2.75) is 195 Å². The summed E-state index contributed by atoms with van der Waals surface area (Å²) >= 11 is 0. The molecule has 6 fully saturated rings. The molecule has 0 atom stereocenters. The third-order valence-corrected chi connectivity index (χ3v) is 11.7. The van der Waals surface area contributed by atoms with E-state index in [-0.39, 0.29) is 131 Å². The SMILES string of the molecule is C1CCOC1.C1CCOC1.C1CCOC1.C1CCOC1.C1CCOC1.C1CCOC1.[C-]#C[Si](C)(C)C.[C-]#C[Si](C)(C)C.[C-]#C[Si](C)(C)C.[C-]#C[Si](C)(C)C.[C-]#C[Si](C)(C)C.[C-]#C[Si](C)(C)C.[Cr].[Li+].[Li+].[Li+].[Li+].[Li+].[Li]. The van der Waals surface area contributed by atoms with Crippen molar-refractivity contribution in [3.63, 3.8) is 0 Å². The van der Waals surface area contributed by atoms with Crippen molar-refractivity contribution < 1.29 is 140 Å². The summed E-state index contributed by atoms with van der Waals surface area (Å²) in [7, 11) is -7.29. The molecule has 0 bridgehead atoms. The Morgan fingerprint density at radius 2 is 0.274 bits per heavy atom. The van der Waals surface area contributed by atoms with E-state index in [1.807, 2.05) is 0 Å². The normalized spacial score (nSPS) is 15.0. The minimum atomic E-state index is -1.21. The first kappa shape index (κ1) is 107. The molecule has 6 heterocycles. The van der Waals surface area contributed by atoms with Crippen molar-refractivity contribution >= 4 is 67.3 Å². The molecule has 0 aromatic rings. The van der Waals surface area contributed by atoms with Crippen molar-refractivity contribution in [3.8, 4) is 33.3 Å². The average molecular weight is 1110 g/mol. The standard InChI is InChI=1S/6C5H9Si.6C4H8O.Cr.6Li/c6*1-5-6(2,3)4;6*1-2-4-5-3-1;;;;;;;/h6*2-4H3;6*1-4H2;;;;;;;/q6*-1;;;;;;;;;5*+1. The van der Waals surface area contributed by atoms with Crippen LogP contribution in [-0.2, 0) is 45.8 Å². The van der Waals surface area contributed by atoms with Gasteiger partial charge in [0.2, 0.25) is 0 Å². The number of rotatable bonds is 0. The quantitative estimate of drug-likeness (QED) is 0.162. The summed E-state index contributed by atoms with van der Waals surface area (Å²) in [4.78, 5) is 0. The molecule has 0 aromatic heterocycles. The molecule has 391 valence electrons. The van der Waals surface area contributed by atoms with Gasteiger partial charge in [0.1, 0.15) is 0 Å². The summed E-state index contributed by atoms with van der Waals surface area (Å²) in [6.45, 7) is 49.5. The van der Waals surface area contributed by atoms with Crippen molar-refractivity contribution in [1.29, 1.82) is 0 Å². The zero-order valence-electron chi connectivity index (χ0n) is 52.8. The maximum absolute atomic E-state index is 6.67. The van der Waals surface area contributed by atoms with Crippen LogP contribution in [0, 0.1) is 71.8 Å². The predicted octanol–water partition coefficient (Wildman–Crippen LogP) is -1.86. The van der Waals surface area contributed by atoms with Gasteiger partial charge in [0, 0.05) is 116 Å². The van der Waals surface area contributed by atoms with Crippen LogP contribution in [0.1, 0.15) is 77.0 Å². The fourth-order valence-electron chi connectivity index (χ4n) is 3.06. The minimum Gasteiger partial charge on any atom is -0.701 e. The van der Waals surface area contributed by atoms with Gasteiger partial charge in [-0.3, -0.25) is 0 Å². The van der Waals surface area contributed by atoms with Crippen LogP contribution < -0.4 is 94.3 Å². The number of hydrogen-bond donors (Lipinski definition) is 0. The zero-order chi connectivity index (χ0) is 52.5. The van der Waals surface area contributed by atoms with Crippen molar-refractivity contribution in [2.24, 2.45) is 0 Å². The van der Waals surface area contributed by atoms with Gasteiger partial charge in [-0.25, -0.2) is 0 Å². The summed E-state index contributed by atoms with van der Waals surface area (Å²) in [6, 6.07) is 0. The van der Waals surface area contributed by atoms with Crippen LogP contribution in [0.25, 0.3) is 0 Å². The van der Waals surface area contributed by atoms with E-state index in [1.165, 1.54) is 77.0 Å². The Balaban J connectivity index is -0.0000000485. The second-order valence-corrected chi connectivity index (χ2v) is 50.7. The Morgan fingerprint density at radius 1 is 0.219 bits per heavy atom. The van der Waals surface area contributed by atoms with Gasteiger partial charge in [-0.15, -0.1) is 0 Å². The second kappa shape index (κ2) is 72.6.